The maximum Gasteiger partial charge on any atom is 0.323 e. The maximum atomic E-state index is 13.7. The molecule has 0 aromatic heterocycles. The van der Waals surface area contributed by atoms with Crippen molar-refractivity contribution >= 4 is 17.6 Å². The van der Waals surface area contributed by atoms with Gasteiger partial charge >= 0.3 is 6.03 Å². The van der Waals surface area contributed by atoms with Crippen LogP contribution in [0.4, 0.5) is 14.9 Å². The molecule has 1 aliphatic rings. The van der Waals surface area contributed by atoms with Gasteiger partial charge in [0.15, 0.2) is 0 Å². The molecule has 0 unspecified atom stereocenters. The zero-order valence-electron chi connectivity index (χ0n) is 12.8. The molecule has 1 heterocycles. The van der Waals surface area contributed by atoms with E-state index in [1.54, 1.807) is 24.1 Å². The number of ether oxygens (including phenoxy) is 1. The van der Waals surface area contributed by atoms with Crippen LogP contribution in [0.3, 0.4) is 0 Å². The van der Waals surface area contributed by atoms with Crippen LogP contribution in [-0.4, -0.2) is 55.2 Å². The highest BCUT2D eigenvalue weighted by molar-refractivity contribution is 5.94. The summed E-state index contributed by atoms with van der Waals surface area (Å²) >= 11 is 0. The number of amides is 3. The molecule has 1 N–H and O–H groups in total. The van der Waals surface area contributed by atoms with Crippen molar-refractivity contribution in [1.82, 2.24) is 9.80 Å². The number of aryl methyl sites for hydroxylation is 1. The Bertz CT molecular complexity index is 565. The summed E-state index contributed by atoms with van der Waals surface area (Å²) in [7, 11) is 1.56. The summed E-state index contributed by atoms with van der Waals surface area (Å²) in [6.07, 6.45) is 0.592. The number of nitrogens with zero attached hydrogens (tertiary/aromatic N) is 2. The van der Waals surface area contributed by atoms with Gasteiger partial charge in [0.1, 0.15) is 12.4 Å². The summed E-state index contributed by atoms with van der Waals surface area (Å²) in [5, 5.41) is 2.61. The molecule has 0 atom stereocenters. The summed E-state index contributed by atoms with van der Waals surface area (Å²) in [6, 6.07) is 4.17. The van der Waals surface area contributed by atoms with E-state index in [0.717, 1.165) is 0 Å². The van der Waals surface area contributed by atoms with Gasteiger partial charge < -0.3 is 15.0 Å². The van der Waals surface area contributed by atoms with Gasteiger partial charge in [-0.15, -0.1) is 0 Å². The minimum Gasteiger partial charge on any atom is -0.383 e. The maximum absolute atomic E-state index is 13.7. The van der Waals surface area contributed by atoms with Gasteiger partial charge in [-0.1, -0.05) is 13.0 Å². The highest BCUT2D eigenvalue weighted by Crippen LogP contribution is 2.16. The lowest BCUT2D eigenvalue weighted by atomic mass is 10.1. The third-order valence-corrected chi connectivity index (χ3v) is 3.56. The normalized spacial score (nSPS) is 14.6. The van der Waals surface area contributed by atoms with Gasteiger partial charge in [0.25, 0.3) is 0 Å². The second-order valence-electron chi connectivity index (χ2n) is 5.08. The zero-order valence-corrected chi connectivity index (χ0v) is 12.8. The van der Waals surface area contributed by atoms with E-state index in [1.165, 1.54) is 11.0 Å². The van der Waals surface area contributed by atoms with E-state index < -0.39 is 6.03 Å². The number of carbonyl (C=O) groups excluding carboxylic acids is 2. The Morgan fingerprint density at radius 1 is 1.45 bits per heavy atom. The van der Waals surface area contributed by atoms with Crippen LogP contribution >= 0.6 is 0 Å². The van der Waals surface area contributed by atoms with Crippen molar-refractivity contribution in [3.63, 3.8) is 0 Å². The van der Waals surface area contributed by atoms with Gasteiger partial charge in [-0.05, 0) is 24.1 Å². The second-order valence-corrected chi connectivity index (χ2v) is 5.08. The zero-order chi connectivity index (χ0) is 16.1. The van der Waals surface area contributed by atoms with Crippen LogP contribution in [-0.2, 0) is 16.0 Å². The van der Waals surface area contributed by atoms with Crippen LogP contribution in [0.1, 0.15) is 12.5 Å². The van der Waals surface area contributed by atoms with Crippen molar-refractivity contribution in [2.24, 2.45) is 0 Å². The van der Waals surface area contributed by atoms with E-state index in [2.05, 4.69) is 5.32 Å². The number of nitrogens with one attached hydrogen (secondary N) is 1. The minimum absolute atomic E-state index is 0.0189. The fourth-order valence-corrected chi connectivity index (χ4v) is 2.25. The summed E-state index contributed by atoms with van der Waals surface area (Å²) in [6.45, 7) is 2.96. The van der Waals surface area contributed by atoms with Crippen LogP contribution < -0.4 is 5.32 Å². The van der Waals surface area contributed by atoms with Crippen molar-refractivity contribution in [3.8, 4) is 0 Å². The first-order valence-electron chi connectivity index (χ1n) is 7.16. The number of benzene rings is 1. The van der Waals surface area contributed by atoms with Crippen molar-refractivity contribution in [1.29, 1.82) is 0 Å². The Morgan fingerprint density at radius 3 is 2.86 bits per heavy atom. The Balaban J connectivity index is 1.95. The van der Waals surface area contributed by atoms with Gasteiger partial charge in [-0.3, -0.25) is 9.69 Å². The molecule has 3 amide bonds. The van der Waals surface area contributed by atoms with Gasteiger partial charge in [-0.2, -0.15) is 0 Å². The Morgan fingerprint density at radius 2 is 2.23 bits per heavy atom. The van der Waals surface area contributed by atoms with Gasteiger partial charge in [0.2, 0.25) is 5.91 Å². The fourth-order valence-electron chi connectivity index (χ4n) is 2.25. The lowest BCUT2D eigenvalue weighted by Crippen LogP contribution is -2.35. The highest BCUT2D eigenvalue weighted by atomic mass is 19.1. The van der Waals surface area contributed by atoms with E-state index in [4.69, 9.17) is 4.74 Å². The number of halogens is 1. The van der Waals surface area contributed by atoms with Crippen LogP contribution in [0.2, 0.25) is 0 Å². The monoisotopic (exact) mass is 309 g/mol. The van der Waals surface area contributed by atoms with Crippen molar-refractivity contribution in [2.75, 3.05) is 38.8 Å². The second kappa shape index (κ2) is 7.22. The molecule has 0 aliphatic carbocycles. The predicted octanol–water partition coefficient (Wildman–Crippen LogP) is 1.67. The Labute approximate surface area is 128 Å². The number of hydrogen-bond donors (Lipinski definition) is 1. The summed E-state index contributed by atoms with van der Waals surface area (Å²) in [5.41, 5.74) is 0.975. The first kappa shape index (κ1) is 16.2. The topological polar surface area (TPSA) is 61.9 Å². The molecule has 0 saturated carbocycles. The molecular formula is C15H20FN3O3. The molecule has 1 aromatic carbocycles. The Hall–Kier alpha value is -2.15. The molecule has 0 spiro atoms. The highest BCUT2D eigenvalue weighted by Gasteiger charge is 2.30. The van der Waals surface area contributed by atoms with E-state index in [0.29, 0.717) is 30.8 Å². The average Bonchev–Trinajstić information content (AvgIpc) is 2.86. The summed E-state index contributed by atoms with van der Waals surface area (Å²) in [5.74, 6) is -0.473. The number of anilines is 1. The van der Waals surface area contributed by atoms with Crippen molar-refractivity contribution < 1.29 is 18.7 Å². The average molecular weight is 309 g/mol. The number of carbonyl (C=O) groups is 2. The quantitative estimate of drug-likeness (QED) is 0.900. The molecule has 120 valence electrons. The summed E-state index contributed by atoms with van der Waals surface area (Å²) in [4.78, 5) is 26.8. The molecular weight excluding hydrogens is 289 g/mol. The first-order chi connectivity index (χ1) is 10.5. The van der Waals surface area contributed by atoms with E-state index in [1.807, 2.05) is 6.92 Å². The molecule has 0 radical (unpaired) electrons. The molecule has 6 nitrogen and oxygen atoms in total. The molecule has 2 rings (SSSR count). The van der Waals surface area contributed by atoms with Crippen LogP contribution in [0.5, 0.6) is 0 Å². The molecule has 22 heavy (non-hydrogen) atoms. The lowest BCUT2D eigenvalue weighted by molar-refractivity contribution is -0.127. The van der Waals surface area contributed by atoms with Crippen molar-refractivity contribution in [3.05, 3.63) is 29.6 Å². The van der Waals surface area contributed by atoms with Crippen LogP contribution in [0.25, 0.3) is 0 Å². The van der Waals surface area contributed by atoms with Gasteiger partial charge in [0.05, 0.1) is 13.3 Å². The lowest BCUT2D eigenvalue weighted by Gasteiger charge is -2.18. The third-order valence-electron chi connectivity index (χ3n) is 3.56. The van der Waals surface area contributed by atoms with Crippen LogP contribution in [0, 0.1) is 5.82 Å². The number of rotatable bonds is 5. The molecule has 1 fully saturated rings. The number of methoxy groups -OCH3 is 1. The largest absolute Gasteiger partial charge is 0.383 e. The van der Waals surface area contributed by atoms with Crippen LogP contribution in [0.15, 0.2) is 18.2 Å². The third kappa shape index (κ3) is 3.73. The number of hydrogen-bond acceptors (Lipinski definition) is 3. The first-order valence-corrected chi connectivity index (χ1v) is 7.16. The van der Waals surface area contributed by atoms with Gasteiger partial charge in [-0.25, -0.2) is 9.18 Å². The van der Waals surface area contributed by atoms with E-state index in [-0.39, 0.29) is 24.9 Å². The van der Waals surface area contributed by atoms with Gasteiger partial charge in [0, 0.05) is 19.3 Å². The fraction of sp³-hybridized carbons (Fsp3) is 0.467. The minimum atomic E-state index is -0.420. The molecule has 0 bridgehead atoms. The summed E-state index contributed by atoms with van der Waals surface area (Å²) < 4.78 is 18.6. The Kier molecular flexibility index (Phi) is 5.32. The predicted molar refractivity (Wildman–Crippen MR) is 80.0 cm³/mol. The molecule has 1 saturated heterocycles. The molecule has 1 aliphatic heterocycles. The van der Waals surface area contributed by atoms with Crippen molar-refractivity contribution in [2.45, 2.75) is 13.3 Å². The SMILES string of the molecule is CCc1ccc(NC(=O)N2CC(=O)N(CCOC)C2)cc1F. The van der Waals surface area contributed by atoms with E-state index in [9.17, 15) is 14.0 Å². The molecule has 1 aromatic rings. The number of urea groups is 1. The molecule has 7 heteroatoms. The van der Waals surface area contributed by atoms with E-state index >= 15 is 0 Å². The standard InChI is InChI=1S/C15H20FN3O3/c1-3-11-4-5-12(8-13(11)16)17-15(21)19-9-14(20)18(10-19)6-7-22-2/h4-5,8H,3,6-7,9-10H2,1-2H3,(H,17,21). The smallest absolute Gasteiger partial charge is 0.323 e.